The number of nitrogens with zero attached hydrogens (tertiary/aromatic N) is 2. The van der Waals surface area contributed by atoms with Gasteiger partial charge in [0.25, 0.3) is 0 Å². The smallest absolute Gasteiger partial charge is 0.222 e. The lowest BCUT2D eigenvalue weighted by Crippen LogP contribution is -2.37. The summed E-state index contributed by atoms with van der Waals surface area (Å²) in [6.07, 6.45) is 5.27. The van der Waals surface area contributed by atoms with E-state index in [4.69, 9.17) is 4.74 Å². The number of para-hydroxylation sites is 1. The van der Waals surface area contributed by atoms with E-state index in [1.54, 1.807) is 23.4 Å². The van der Waals surface area contributed by atoms with E-state index in [9.17, 15) is 13.2 Å². The van der Waals surface area contributed by atoms with E-state index < -0.39 is 10.0 Å². The molecule has 0 aliphatic carbocycles. The molecular weight excluding hydrogens is 364 g/mol. The number of amides is 1. The van der Waals surface area contributed by atoms with E-state index in [2.05, 4.69) is 0 Å². The van der Waals surface area contributed by atoms with Gasteiger partial charge in [-0.2, -0.15) is 0 Å². The van der Waals surface area contributed by atoms with Crippen molar-refractivity contribution in [2.24, 2.45) is 0 Å². The standard InChI is InChI=1S/C20H32N2O4S/c1-21(16-13-18-10-4-5-11-19(18)26-2)20(23)12-6-9-17-27(24,25)22-14-7-3-8-15-22/h4-5,10-11H,3,6-9,12-17H2,1-2H3. The molecule has 0 atom stereocenters. The van der Waals surface area contributed by atoms with E-state index in [1.165, 1.54) is 0 Å². The third-order valence-electron chi connectivity index (χ3n) is 5.09. The number of piperidine rings is 1. The topological polar surface area (TPSA) is 66.9 Å². The maximum absolute atomic E-state index is 12.3. The minimum absolute atomic E-state index is 0.0558. The first-order valence-electron chi connectivity index (χ1n) is 9.78. The normalized spacial score (nSPS) is 15.5. The van der Waals surface area contributed by atoms with Crippen molar-refractivity contribution in [2.75, 3.05) is 39.5 Å². The Kier molecular flexibility index (Phi) is 8.57. The van der Waals surface area contributed by atoms with Crippen LogP contribution in [-0.4, -0.2) is 63.1 Å². The van der Waals surface area contributed by atoms with Crippen molar-refractivity contribution in [1.82, 2.24) is 9.21 Å². The number of carbonyl (C=O) groups is 1. The molecule has 27 heavy (non-hydrogen) atoms. The monoisotopic (exact) mass is 396 g/mol. The van der Waals surface area contributed by atoms with Crippen molar-refractivity contribution in [3.63, 3.8) is 0 Å². The van der Waals surface area contributed by atoms with Crippen LogP contribution in [0.1, 0.15) is 44.1 Å². The fraction of sp³-hybridized carbons (Fsp3) is 0.650. The van der Waals surface area contributed by atoms with Crippen molar-refractivity contribution in [3.05, 3.63) is 29.8 Å². The Balaban J connectivity index is 1.68. The summed E-state index contributed by atoms with van der Waals surface area (Å²) >= 11 is 0. The van der Waals surface area contributed by atoms with Crippen LogP contribution in [0.25, 0.3) is 0 Å². The number of sulfonamides is 1. The Morgan fingerprint density at radius 1 is 1.15 bits per heavy atom. The van der Waals surface area contributed by atoms with Crippen LogP contribution in [0.2, 0.25) is 0 Å². The van der Waals surface area contributed by atoms with Crippen LogP contribution in [0.4, 0.5) is 0 Å². The van der Waals surface area contributed by atoms with E-state index in [0.29, 0.717) is 38.9 Å². The molecule has 0 N–H and O–H groups in total. The largest absolute Gasteiger partial charge is 0.496 e. The molecule has 1 aliphatic rings. The Morgan fingerprint density at radius 3 is 2.56 bits per heavy atom. The van der Waals surface area contributed by atoms with Crippen molar-refractivity contribution in [2.45, 2.75) is 44.9 Å². The minimum atomic E-state index is -3.16. The molecule has 152 valence electrons. The Morgan fingerprint density at radius 2 is 1.85 bits per heavy atom. The maximum Gasteiger partial charge on any atom is 0.222 e. The summed E-state index contributed by atoms with van der Waals surface area (Å²) in [6.45, 7) is 1.91. The van der Waals surface area contributed by atoms with Gasteiger partial charge in [0.15, 0.2) is 0 Å². The van der Waals surface area contributed by atoms with Gasteiger partial charge in [0, 0.05) is 33.1 Å². The summed E-state index contributed by atoms with van der Waals surface area (Å²) in [5, 5.41) is 0. The zero-order valence-electron chi connectivity index (χ0n) is 16.5. The first-order chi connectivity index (χ1) is 12.9. The second kappa shape index (κ2) is 10.7. The zero-order chi connectivity index (χ0) is 19.7. The van der Waals surface area contributed by atoms with Crippen LogP contribution in [0, 0.1) is 0 Å². The lowest BCUT2D eigenvalue weighted by Gasteiger charge is -2.25. The van der Waals surface area contributed by atoms with Gasteiger partial charge in [0.05, 0.1) is 12.9 Å². The van der Waals surface area contributed by atoms with Gasteiger partial charge in [-0.1, -0.05) is 24.6 Å². The molecule has 0 bridgehead atoms. The van der Waals surface area contributed by atoms with Gasteiger partial charge in [-0.25, -0.2) is 12.7 Å². The van der Waals surface area contributed by atoms with Crippen LogP contribution in [-0.2, 0) is 21.2 Å². The molecular formula is C20H32N2O4S. The second-order valence-electron chi connectivity index (χ2n) is 7.11. The van der Waals surface area contributed by atoms with E-state index >= 15 is 0 Å². The summed E-state index contributed by atoms with van der Waals surface area (Å²) < 4.78 is 31.5. The molecule has 6 nitrogen and oxygen atoms in total. The molecule has 0 spiro atoms. The molecule has 1 amide bonds. The summed E-state index contributed by atoms with van der Waals surface area (Å²) in [5.74, 6) is 1.03. The van der Waals surface area contributed by atoms with Crippen molar-refractivity contribution < 1.29 is 17.9 Å². The Hall–Kier alpha value is -1.60. The predicted octanol–water partition coefficient (Wildman–Crippen LogP) is 2.68. The molecule has 1 aromatic carbocycles. The van der Waals surface area contributed by atoms with Crippen molar-refractivity contribution in [3.8, 4) is 5.75 Å². The van der Waals surface area contributed by atoms with Gasteiger partial charge in [0.1, 0.15) is 5.75 Å². The SMILES string of the molecule is COc1ccccc1CCN(C)C(=O)CCCCS(=O)(=O)N1CCCCC1. The number of methoxy groups -OCH3 is 1. The number of hydrogen-bond donors (Lipinski definition) is 0. The average Bonchev–Trinajstić information content (AvgIpc) is 2.70. The molecule has 0 aromatic heterocycles. The average molecular weight is 397 g/mol. The van der Waals surface area contributed by atoms with Crippen molar-refractivity contribution in [1.29, 1.82) is 0 Å². The van der Waals surface area contributed by atoms with Crippen LogP contribution >= 0.6 is 0 Å². The first-order valence-corrected chi connectivity index (χ1v) is 11.4. The van der Waals surface area contributed by atoms with Gasteiger partial charge in [-0.3, -0.25) is 4.79 Å². The molecule has 1 heterocycles. The number of benzene rings is 1. The van der Waals surface area contributed by atoms with Gasteiger partial charge in [-0.15, -0.1) is 0 Å². The highest BCUT2D eigenvalue weighted by atomic mass is 32.2. The molecule has 1 aromatic rings. The van der Waals surface area contributed by atoms with Crippen molar-refractivity contribution >= 4 is 15.9 Å². The number of hydrogen-bond acceptors (Lipinski definition) is 4. The summed E-state index contributed by atoms with van der Waals surface area (Å²) in [6, 6.07) is 7.81. The lowest BCUT2D eigenvalue weighted by atomic mass is 10.1. The third kappa shape index (κ3) is 6.81. The number of rotatable bonds is 10. The minimum Gasteiger partial charge on any atom is -0.496 e. The molecule has 2 rings (SSSR count). The van der Waals surface area contributed by atoms with Crippen LogP contribution in [0.5, 0.6) is 5.75 Å². The van der Waals surface area contributed by atoms with Gasteiger partial charge in [0.2, 0.25) is 15.9 Å². The molecule has 1 fully saturated rings. The number of unbranched alkanes of at least 4 members (excludes halogenated alkanes) is 1. The lowest BCUT2D eigenvalue weighted by molar-refractivity contribution is -0.129. The summed E-state index contributed by atoms with van der Waals surface area (Å²) in [7, 11) is 0.277. The first kappa shape index (κ1) is 21.7. The Bertz CT molecular complexity index is 700. The highest BCUT2D eigenvalue weighted by Crippen LogP contribution is 2.18. The van der Waals surface area contributed by atoms with Crippen LogP contribution in [0.3, 0.4) is 0 Å². The highest BCUT2D eigenvalue weighted by Gasteiger charge is 2.23. The fourth-order valence-electron chi connectivity index (χ4n) is 3.35. The number of likely N-dealkylation sites (N-methyl/N-ethyl adjacent to an activating group) is 1. The molecule has 0 unspecified atom stereocenters. The molecule has 1 aliphatic heterocycles. The number of carbonyl (C=O) groups excluding carboxylic acids is 1. The predicted molar refractivity (Wildman–Crippen MR) is 107 cm³/mol. The molecule has 7 heteroatoms. The molecule has 0 saturated carbocycles. The quantitative estimate of drug-likeness (QED) is 0.570. The van der Waals surface area contributed by atoms with Crippen LogP contribution in [0.15, 0.2) is 24.3 Å². The fourth-order valence-corrected chi connectivity index (χ4v) is 4.99. The van der Waals surface area contributed by atoms with E-state index in [0.717, 1.165) is 37.0 Å². The maximum atomic E-state index is 12.3. The number of ether oxygens (including phenoxy) is 1. The Labute approximate surface area is 163 Å². The highest BCUT2D eigenvalue weighted by molar-refractivity contribution is 7.89. The molecule has 0 radical (unpaired) electrons. The van der Waals surface area contributed by atoms with Gasteiger partial charge < -0.3 is 9.64 Å². The van der Waals surface area contributed by atoms with E-state index in [1.807, 2.05) is 24.3 Å². The third-order valence-corrected chi connectivity index (χ3v) is 7.04. The zero-order valence-corrected chi connectivity index (χ0v) is 17.3. The summed E-state index contributed by atoms with van der Waals surface area (Å²) in [4.78, 5) is 14.0. The van der Waals surface area contributed by atoms with Gasteiger partial charge in [-0.05, 0) is 43.7 Å². The van der Waals surface area contributed by atoms with E-state index in [-0.39, 0.29) is 11.7 Å². The van der Waals surface area contributed by atoms with Crippen LogP contribution < -0.4 is 4.74 Å². The summed E-state index contributed by atoms with van der Waals surface area (Å²) in [5.41, 5.74) is 1.08. The van der Waals surface area contributed by atoms with Gasteiger partial charge >= 0.3 is 0 Å². The second-order valence-corrected chi connectivity index (χ2v) is 9.20. The molecule has 1 saturated heterocycles.